The fourth-order valence-electron chi connectivity index (χ4n) is 3.60. The molecule has 6 heteroatoms. The molecule has 0 aliphatic heterocycles. The first kappa shape index (κ1) is 18.3. The number of aromatic carboxylic acids is 1. The summed E-state index contributed by atoms with van der Waals surface area (Å²) in [6.45, 7) is 3.46. The number of benzene rings is 2. The van der Waals surface area contributed by atoms with E-state index in [0.717, 1.165) is 42.2 Å². The monoisotopic (exact) mass is 363 g/mol. The van der Waals surface area contributed by atoms with Crippen LogP contribution in [0.4, 0.5) is 13.2 Å². The van der Waals surface area contributed by atoms with E-state index in [9.17, 15) is 23.1 Å². The highest BCUT2D eigenvalue weighted by atomic mass is 19.4. The molecule has 0 radical (unpaired) electrons. The summed E-state index contributed by atoms with van der Waals surface area (Å²) in [4.78, 5) is 11.1. The van der Waals surface area contributed by atoms with Crippen LogP contribution in [0.1, 0.15) is 53.2 Å². The van der Waals surface area contributed by atoms with E-state index < -0.39 is 29.1 Å². The minimum Gasteiger partial charge on any atom is -0.545 e. The van der Waals surface area contributed by atoms with Crippen molar-refractivity contribution in [2.75, 3.05) is 0 Å². The average molecular weight is 363 g/mol. The van der Waals surface area contributed by atoms with Gasteiger partial charge in [-0.3, -0.25) is 0 Å². The Bertz CT molecular complexity index is 840. The molecular weight excluding hydrogens is 345 g/mol. The zero-order chi connectivity index (χ0) is 19.1. The van der Waals surface area contributed by atoms with Crippen LogP contribution >= 0.6 is 0 Å². The Morgan fingerprint density at radius 1 is 1.15 bits per heavy atom. The van der Waals surface area contributed by atoms with Crippen LogP contribution < -0.4 is 9.84 Å². The summed E-state index contributed by atoms with van der Waals surface area (Å²) >= 11 is 0. The Labute approximate surface area is 149 Å². The molecule has 138 valence electrons. The standard InChI is InChI=1S/C20H19F3O3/c1-19(2,15-9-7-12-5-3-4-6-14(12)15)26-17-11-13(18(24)25)8-10-16(17)20(21,22)23/h3-6,8,10-11,15H,7,9H2,1-2H3,(H,24,25)/p-1. The van der Waals surface area contributed by atoms with Gasteiger partial charge in [-0.25, -0.2) is 0 Å². The number of hydrogen-bond acceptors (Lipinski definition) is 3. The molecule has 0 saturated heterocycles. The Morgan fingerprint density at radius 2 is 1.85 bits per heavy atom. The van der Waals surface area contributed by atoms with Gasteiger partial charge < -0.3 is 14.6 Å². The lowest BCUT2D eigenvalue weighted by Gasteiger charge is -2.34. The van der Waals surface area contributed by atoms with Crippen LogP contribution in [0.5, 0.6) is 5.75 Å². The molecule has 2 aromatic carbocycles. The van der Waals surface area contributed by atoms with Gasteiger partial charge in [0, 0.05) is 11.5 Å². The maximum atomic E-state index is 13.3. The highest BCUT2D eigenvalue weighted by molar-refractivity contribution is 5.86. The number of carbonyl (C=O) groups excluding carboxylic acids is 1. The second-order valence-corrected chi connectivity index (χ2v) is 6.99. The number of alkyl halides is 3. The van der Waals surface area contributed by atoms with Crippen molar-refractivity contribution in [2.24, 2.45) is 0 Å². The van der Waals surface area contributed by atoms with Gasteiger partial charge >= 0.3 is 6.18 Å². The zero-order valence-electron chi connectivity index (χ0n) is 14.4. The number of rotatable bonds is 4. The van der Waals surface area contributed by atoms with E-state index >= 15 is 0 Å². The van der Waals surface area contributed by atoms with Gasteiger partial charge in [-0.15, -0.1) is 0 Å². The molecule has 0 N–H and O–H groups in total. The van der Waals surface area contributed by atoms with Crippen molar-refractivity contribution in [1.29, 1.82) is 0 Å². The van der Waals surface area contributed by atoms with E-state index in [4.69, 9.17) is 4.74 Å². The third kappa shape index (κ3) is 3.41. The number of ether oxygens (including phenoxy) is 1. The summed E-state index contributed by atoms with van der Waals surface area (Å²) in [6, 6.07) is 10.3. The normalized spacial score (nSPS) is 17.0. The molecule has 1 aliphatic rings. The van der Waals surface area contributed by atoms with E-state index in [1.54, 1.807) is 13.8 Å². The van der Waals surface area contributed by atoms with E-state index in [2.05, 4.69) is 0 Å². The lowest BCUT2D eigenvalue weighted by Crippen LogP contribution is -2.36. The molecule has 0 heterocycles. The van der Waals surface area contributed by atoms with Gasteiger partial charge in [0.15, 0.2) is 0 Å². The number of hydrogen-bond donors (Lipinski definition) is 0. The summed E-state index contributed by atoms with van der Waals surface area (Å²) in [5.41, 5.74) is -0.0785. The molecule has 3 nitrogen and oxygen atoms in total. The fourth-order valence-corrected chi connectivity index (χ4v) is 3.60. The van der Waals surface area contributed by atoms with Crippen LogP contribution in [0.3, 0.4) is 0 Å². The van der Waals surface area contributed by atoms with Gasteiger partial charge in [0.25, 0.3) is 0 Å². The lowest BCUT2D eigenvalue weighted by molar-refractivity contribution is -0.255. The molecule has 0 amide bonds. The predicted octanol–water partition coefficient (Wildman–Crippen LogP) is 3.96. The van der Waals surface area contributed by atoms with Gasteiger partial charge in [-0.05, 0) is 49.9 Å². The van der Waals surface area contributed by atoms with Crippen LogP contribution in [0.25, 0.3) is 0 Å². The summed E-state index contributed by atoms with van der Waals surface area (Å²) in [7, 11) is 0. The average Bonchev–Trinajstić information content (AvgIpc) is 2.98. The number of carboxylic acid groups (broad SMARTS) is 1. The molecule has 1 unspecified atom stereocenters. The summed E-state index contributed by atoms with van der Waals surface area (Å²) in [6.07, 6.45) is -3.06. The number of carboxylic acids is 1. The minimum absolute atomic E-state index is 0.0913. The number of carbonyl (C=O) groups is 1. The number of aryl methyl sites for hydroxylation is 1. The van der Waals surface area contributed by atoms with E-state index in [0.29, 0.717) is 0 Å². The van der Waals surface area contributed by atoms with Gasteiger partial charge in [-0.1, -0.05) is 30.3 Å². The maximum absolute atomic E-state index is 13.3. The summed E-state index contributed by atoms with van der Waals surface area (Å²) in [5, 5.41) is 11.1. The number of halogens is 3. The van der Waals surface area contributed by atoms with Crippen molar-refractivity contribution in [2.45, 2.75) is 44.4 Å². The van der Waals surface area contributed by atoms with Crippen molar-refractivity contribution >= 4 is 5.97 Å². The first-order valence-electron chi connectivity index (χ1n) is 8.29. The second-order valence-electron chi connectivity index (χ2n) is 6.99. The smallest absolute Gasteiger partial charge is 0.419 e. The van der Waals surface area contributed by atoms with E-state index in [-0.39, 0.29) is 11.5 Å². The molecule has 1 atom stereocenters. The van der Waals surface area contributed by atoms with Crippen molar-refractivity contribution in [3.8, 4) is 5.75 Å². The van der Waals surface area contributed by atoms with Gasteiger partial charge in [0.1, 0.15) is 11.4 Å². The second kappa shape index (κ2) is 6.34. The van der Waals surface area contributed by atoms with Gasteiger partial charge in [0.2, 0.25) is 0 Å². The van der Waals surface area contributed by atoms with Crippen molar-refractivity contribution < 1.29 is 27.8 Å². The van der Waals surface area contributed by atoms with Gasteiger partial charge in [0.05, 0.1) is 11.5 Å². The first-order chi connectivity index (χ1) is 12.1. The predicted molar refractivity (Wildman–Crippen MR) is 88.0 cm³/mol. The third-order valence-electron chi connectivity index (χ3n) is 4.87. The zero-order valence-corrected chi connectivity index (χ0v) is 14.4. The fraction of sp³-hybridized carbons (Fsp3) is 0.350. The molecule has 0 bridgehead atoms. The molecule has 0 aromatic heterocycles. The molecule has 0 fully saturated rings. The van der Waals surface area contributed by atoms with Crippen LogP contribution in [0.2, 0.25) is 0 Å². The SMILES string of the molecule is CC(C)(Oc1cc(C(=O)[O-])ccc1C(F)(F)F)C1CCc2ccccc21. The molecule has 1 aliphatic carbocycles. The van der Waals surface area contributed by atoms with Crippen molar-refractivity contribution in [3.63, 3.8) is 0 Å². The van der Waals surface area contributed by atoms with E-state index in [1.165, 1.54) is 0 Å². The summed E-state index contributed by atoms with van der Waals surface area (Å²) < 4.78 is 45.8. The number of fused-ring (bicyclic) bond motifs is 1. The van der Waals surface area contributed by atoms with E-state index in [1.807, 2.05) is 24.3 Å². The highest BCUT2D eigenvalue weighted by Crippen LogP contribution is 2.45. The van der Waals surface area contributed by atoms with Crippen LogP contribution in [-0.2, 0) is 12.6 Å². The van der Waals surface area contributed by atoms with Crippen LogP contribution in [0, 0.1) is 0 Å². The molecular formula is C20H18F3O3-. The highest BCUT2D eigenvalue weighted by Gasteiger charge is 2.40. The lowest BCUT2D eigenvalue weighted by atomic mass is 9.85. The molecule has 3 rings (SSSR count). The Hall–Kier alpha value is -2.50. The Morgan fingerprint density at radius 3 is 2.50 bits per heavy atom. The van der Waals surface area contributed by atoms with Crippen molar-refractivity contribution in [1.82, 2.24) is 0 Å². The largest absolute Gasteiger partial charge is 0.545 e. The van der Waals surface area contributed by atoms with Gasteiger partial charge in [-0.2, -0.15) is 13.2 Å². The third-order valence-corrected chi connectivity index (χ3v) is 4.87. The molecule has 26 heavy (non-hydrogen) atoms. The topological polar surface area (TPSA) is 49.4 Å². The van der Waals surface area contributed by atoms with Crippen LogP contribution in [0.15, 0.2) is 42.5 Å². The molecule has 2 aromatic rings. The molecule has 0 spiro atoms. The quantitative estimate of drug-likeness (QED) is 0.826. The Kier molecular flexibility index (Phi) is 4.46. The molecule has 0 saturated carbocycles. The Balaban J connectivity index is 1.99. The van der Waals surface area contributed by atoms with Crippen LogP contribution in [-0.4, -0.2) is 11.6 Å². The van der Waals surface area contributed by atoms with Crippen molar-refractivity contribution in [3.05, 3.63) is 64.7 Å². The minimum atomic E-state index is -4.65. The summed E-state index contributed by atoms with van der Waals surface area (Å²) in [5.74, 6) is -2.13. The maximum Gasteiger partial charge on any atom is 0.419 e. The first-order valence-corrected chi connectivity index (χ1v) is 8.29.